The van der Waals surface area contributed by atoms with Crippen molar-refractivity contribution in [3.05, 3.63) is 53.6 Å². The number of rotatable bonds is 3. The van der Waals surface area contributed by atoms with E-state index in [4.69, 9.17) is 0 Å². The number of carbonyl (C=O) groups is 1. The fraction of sp³-hybridized carbons (Fsp3) is 0.393. The number of imidazole rings is 1. The molecular weight excluding hydrogens is 548 g/mol. The number of hydrogen-bond donors (Lipinski definition) is 2. The number of fused-ring (bicyclic) bond motifs is 6. The highest BCUT2D eigenvalue weighted by Gasteiger charge is 2.23. The average molecular weight is 582 g/mol. The molecule has 2 aliphatic heterocycles. The van der Waals surface area contributed by atoms with Crippen LogP contribution in [0, 0.1) is 18.6 Å². The Kier molecular flexibility index (Phi) is 8.20. The number of hydrogen-bond acceptors (Lipinski definition) is 8. The minimum absolute atomic E-state index is 0. The molecule has 10 nitrogen and oxygen atoms in total. The molecular formula is C28H33F2N9OS. The molecule has 1 aromatic carbocycles. The van der Waals surface area contributed by atoms with Crippen LogP contribution in [0.4, 0.5) is 26.2 Å². The SMILES string of the molecule is CCN1CCN(Cc2cnc3cc2NC(=O)C[C@H](C)n2c(C)nc4c(F)cc(cc42)-c2nc(ncc2F)N3)CC1.S. The van der Waals surface area contributed by atoms with E-state index in [1.807, 2.05) is 11.5 Å². The van der Waals surface area contributed by atoms with Crippen LogP contribution in [0.3, 0.4) is 0 Å². The molecule has 0 spiro atoms. The molecule has 1 atom stereocenters. The van der Waals surface area contributed by atoms with Crippen molar-refractivity contribution in [3.8, 4) is 11.3 Å². The Morgan fingerprint density at radius 1 is 0.976 bits per heavy atom. The zero-order chi connectivity index (χ0) is 28.0. The molecule has 13 heteroatoms. The van der Waals surface area contributed by atoms with E-state index in [1.165, 1.54) is 6.07 Å². The molecule has 1 saturated heterocycles. The molecule has 216 valence electrons. The first kappa shape index (κ1) is 28.8. The molecule has 1 amide bonds. The molecule has 2 N–H and O–H groups in total. The van der Waals surface area contributed by atoms with Gasteiger partial charge in [-0.25, -0.2) is 28.7 Å². The molecule has 41 heavy (non-hydrogen) atoms. The Morgan fingerprint density at radius 2 is 1.73 bits per heavy atom. The Balaban J connectivity index is 0.00000337. The number of piperazine rings is 1. The van der Waals surface area contributed by atoms with Gasteiger partial charge in [0.1, 0.15) is 22.9 Å². The standard InChI is InChI=1S/C28H31F2N9O.H2S/c1-4-37-5-7-38(8-6-37)15-19-13-31-24-12-22(19)34-25(40)9-16(2)39-17(3)33-27-20(29)10-18(11-23(27)39)26-21(30)14-32-28(35-24)36-26;/h10-14,16H,4-9,15H2,1-3H3,(H,34,40)(H,31,32,35,36);1H2/t16-;/m0./s1. The normalized spacial score (nSPS) is 17.9. The number of likely N-dealkylation sites (N-methyl/N-ethyl adjacent to an activating group) is 1. The zero-order valence-electron chi connectivity index (χ0n) is 23.2. The molecule has 4 aromatic rings. The Labute approximate surface area is 243 Å². The summed E-state index contributed by atoms with van der Waals surface area (Å²) in [6, 6.07) is 4.26. The highest BCUT2D eigenvalue weighted by molar-refractivity contribution is 7.59. The molecule has 0 radical (unpaired) electrons. The third-order valence-electron chi connectivity index (χ3n) is 7.67. The fourth-order valence-corrected chi connectivity index (χ4v) is 5.57. The molecule has 6 bridgehead atoms. The molecule has 0 saturated carbocycles. The van der Waals surface area contributed by atoms with E-state index in [0.29, 0.717) is 29.4 Å². The minimum atomic E-state index is -0.687. The maximum Gasteiger partial charge on any atom is 0.229 e. The number of benzene rings is 1. The lowest BCUT2D eigenvalue weighted by Gasteiger charge is -2.34. The first-order chi connectivity index (χ1) is 19.3. The summed E-state index contributed by atoms with van der Waals surface area (Å²) >= 11 is 0. The van der Waals surface area contributed by atoms with Crippen LogP contribution >= 0.6 is 13.5 Å². The summed E-state index contributed by atoms with van der Waals surface area (Å²) in [5.41, 5.74) is 2.33. The smallest absolute Gasteiger partial charge is 0.229 e. The van der Waals surface area contributed by atoms with Gasteiger partial charge in [-0.05, 0) is 32.5 Å². The predicted octanol–water partition coefficient (Wildman–Crippen LogP) is 4.37. The number of amides is 1. The summed E-state index contributed by atoms with van der Waals surface area (Å²) in [7, 11) is 0. The van der Waals surface area contributed by atoms with Crippen LogP contribution in [-0.2, 0) is 11.3 Å². The van der Waals surface area contributed by atoms with E-state index >= 15 is 4.39 Å². The van der Waals surface area contributed by atoms with Crippen molar-refractivity contribution in [1.82, 2.24) is 34.3 Å². The van der Waals surface area contributed by atoms with Gasteiger partial charge in [0.05, 0.1) is 17.4 Å². The highest BCUT2D eigenvalue weighted by Crippen LogP contribution is 2.32. The number of pyridine rings is 1. The number of carbonyl (C=O) groups excluding carboxylic acids is 1. The summed E-state index contributed by atoms with van der Waals surface area (Å²) in [4.78, 5) is 35.5. The first-order valence-electron chi connectivity index (χ1n) is 13.5. The lowest BCUT2D eigenvalue weighted by molar-refractivity contribution is -0.116. The number of anilines is 3. The van der Waals surface area contributed by atoms with Crippen LogP contribution in [0.2, 0.25) is 0 Å². The van der Waals surface area contributed by atoms with Crippen molar-refractivity contribution in [2.24, 2.45) is 0 Å². The van der Waals surface area contributed by atoms with E-state index in [-0.39, 0.29) is 54.6 Å². The first-order valence-corrected chi connectivity index (χ1v) is 13.5. The van der Waals surface area contributed by atoms with Gasteiger partial charge in [-0.2, -0.15) is 13.5 Å². The van der Waals surface area contributed by atoms with E-state index in [0.717, 1.165) is 44.5 Å². The number of halogens is 2. The Bertz CT molecular complexity index is 1600. The van der Waals surface area contributed by atoms with E-state index < -0.39 is 11.6 Å². The van der Waals surface area contributed by atoms with Crippen LogP contribution in [0.15, 0.2) is 30.6 Å². The fourth-order valence-electron chi connectivity index (χ4n) is 5.57. The van der Waals surface area contributed by atoms with Gasteiger partial charge in [0, 0.05) is 68.6 Å². The van der Waals surface area contributed by atoms with Gasteiger partial charge in [-0.3, -0.25) is 9.69 Å². The van der Waals surface area contributed by atoms with Crippen LogP contribution in [0.1, 0.15) is 37.7 Å². The summed E-state index contributed by atoms with van der Waals surface area (Å²) in [6.45, 7) is 11.3. The molecule has 3 aromatic heterocycles. The number of aryl methyl sites for hydroxylation is 1. The van der Waals surface area contributed by atoms with E-state index in [1.54, 1.807) is 25.3 Å². The molecule has 0 aliphatic carbocycles. The molecule has 1 fully saturated rings. The van der Waals surface area contributed by atoms with Crippen LogP contribution in [-0.4, -0.2) is 72.9 Å². The van der Waals surface area contributed by atoms with Crippen molar-refractivity contribution in [2.75, 3.05) is 43.4 Å². The molecule has 2 aliphatic rings. The predicted molar refractivity (Wildman–Crippen MR) is 159 cm³/mol. The zero-order valence-corrected chi connectivity index (χ0v) is 24.2. The number of aromatic nitrogens is 5. The Morgan fingerprint density at radius 3 is 2.49 bits per heavy atom. The van der Waals surface area contributed by atoms with Crippen molar-refractivity contribution in [1.29, 1.82) is 0 Å². The molecule has 0 unspecified atom stereocenters. The number of nitrogens with zero attached hydrogens (tertiary/aromatic N) is 7. The van der Waals surface area contributed by atoms with Crippen LogP contribution < -0.4 is 10.6 Å². The topological polar surface area (TPSA) is 104 Å². The van der Waals surface area contributed by atoms with Gasteiger partial charge < -0.3 is 20.1 Å². The molecule has 6 rings (SSSR count). The van der Waals surface area contributed by atoms with Crippen molar-refractivity contribution < 1.29 is 13.6 Å². The van der Waals surface area contributed by atoms with Crippen molar-refractivity contribution in [3.63, 3.8) is 0 Å². The third kappa shape index (κ3) is 5.74. The summed E-state index contributed by atoms with van der Waals surface area (Å²) in [5.74, 6) is -0.438. The van der Waals surface area contributed by atoms with Gasteiger partial charge in [0.2, 0.25) is 11.9 Å². The summed E-state index contributed by atoms with van der Waals surface area (Å²) < 4.78 is 31.9. The maximum atomic E-state index is 15.2. The summed E-state index contributed by atoms with van der Waals surface area (Å²) in [6.07, 6.45) is 2.90. The number of nitrogens with one attached hydrogen (secondary N) is 2. The lowest BCUT2D eigenvalue weighted by atomic mass is 10.1. The molecule has 5 heterocycles. The highest BCUT2D eigenvalue weighted by atomic mass is 32.1. The van der Waals surface area contributed by atoms with Gasteiger partial charge in [-0.1, -0.05) is 6.92 Å². The maximum absolute atomic E-state index is 15.2. The van der Waals surface area contributed by atoms with E-state index in [2.05, 4.69) is 47.3 Å². The van der Waals surface area contributed by atoms with Crippen LogP contribution in [0.25, 0.3) is 22.3 Å². The quantitative estimate of drug-likeness (QED) is 0.368. The monoisotopic (exact) mass is 581 g/mol. The van der Waals surface area contributed by atoms with E-state index in [9.17, 15) is 9.18 Å². The van der Waals surface area contributed by atoms with Crippen molar-refractivity contribution in [2.45, 2.75) is 39.8 Å². The van der Waals surface area contributed by atoms with Gasteiger partial charge in [-0.15, -0.1) is 0 Å². The second-order valence-electron chi connectivity index (χ2n) is 10.4. The van der Waals surface area contributed by atoms with Gasteiger partial charge in [0.15, 0.2) is 11.6 Å². The third-order valence-corrected chi connectivity index (χ3v) is 7.67. The Hall–Kier alpha value is -3.68. The lowest BCUT2D eigenvalue weighted by Crippen LogP contribution is -2.45. The van der Waals surface area contributed by atoms with Gasteiger partial charge >= 0.3 is 0 Å². The second-order valence-corrected chi connectivity index (χ2v) is 10.4. The largest absolute Gasteiger partial charge is 0.326 e. The average Bonchev–Trinajstić information content (AvgIpc) is 3.27. The van der Waals surface area contributed by atoms with Crippen molar-refractivity contribution >= 4 is 47.9 Å². The van der Waals surface area contributed by atoms with Gasteiger partial charge in [0.25, 0.3) is 0 Å². The minimum Gasteiger partial charge on any atom is -0.326 e. The summed E-state index contributed by atoms with van der Waals surface area (Å²) in [5, 5.41) is 6.08. The van der Waals surface area contributed by atoms with Crippen LogP contribution in [0.5, 0.6) is 0 Å². The second kappa shape index (κ2) is 11.7.